The van der Waals surface area contributed by atoms with Crippen LogP contribution in [0.1, 0.15) is 80.6 Å². The normalized spacial score (nSPS) is 37.3. The molecule has 5 rings (SSSR count). The number of methoxy groups -OCH3 is 1. The van der Waals surface area contributed by atoms with Crippen LogP contribution in [0.15, 0.2) is 0 Å². The summed E-state index contributed by atoms with van der Waals surface area (Å²) in [4.78, 5) is 38.0. The number of hydrogen-bond donors (Lipinski definition) is 0. The van der Waals surface area contributed by atoms with Gasteiger partial charge in [-0.1, -0.05) is 41.0 Å². The maximum Gasteiger partial charge on any atom is 0.509 e. The van der Waals surface area contributed by atoms with Crippen molar-refractivity contribution in [2.45, 2.75) is 123 Å². The molecule has 4 heterocycles. The number of ether oxygens (including phenoxy) is 8. The van der Waals surface area contributed by atoms with Gasteiger partial charge in [0.05, 0.1) is 57.6 Å². The van der Waals surface area contributed by atoms with E-state index in [2.05, 4.69) is 20.8 Å². The molecule has 4 aliphatic heterocycles. The molecule has 5 fully saturated rings. The zero-order chi connectivity index (χ0) is 32.0. The molecule has 0 bridgehead atoms. The molecule has 0 radical (unpaired) electrons. The van der Waals surface area contributed by atoms with Gasteiger partial charge in [0.25, 0.3) is 0 Å². The van der Waals surface area contributed by atoms with Crippen molar-refractivity contribution in [1.29, 1.82) is 0 Å². The van der Waals surface area contributed by atoms with E-state index in [1.165, 1.54) is 7.11 Å². The summed E-state index contributed by atoms with van der Waals surface area (Å²) >= 11 is 0. The first-order valence-electron chi connectivity index (χ1n) is 16.3. The molecule has 11 nitrogen and oxygen atoms in total. The Morgan fingerprint density at radius 3 is 1.68 bits per heavy atom. The highest BCUT2D eigenvalue weighted by molar-refractivity contribution is 5.75. The average molecular weight is 625 g/mol. The highest BCUT2D eigenvalue weighted by atomic mass is 16.8. The van der Waals surface area contributed by atoms with Crippen molar-refractivity contribution >= 4 is 18.1 Å². The van der Waals surface area contributed by atoms with Gasteiger partial charge in [-0.15, -0.1) is 0 Å². The van der Waals surface area contributed by atoms with Gasteiger partial charge in [-0.2, -0.15) is 0 Å². The summed E-state index contributed by atoms with van der Waals surface area (Å²) in [6, 6.07) is 0. The van der Waals surface area contributed by atoms with Crippen LogP contribution in [0.2, 0.25) is 0 Å². The van der Waals surface area contributed by atoms with Gasteiger partial charge in [0, 0.05) is 17.3 Å². The van der Waals surface area contributed by atoms with E-state index in [9.17, 15) is 14.4 Å². The maximum absolute atomic E-state index is 13.1. The number of carbonyl (C=O) groups is 3. The molecule has 0 N–H and O–H groups in total. The van der Waals surface area contributed by atoms with E-state index in [0.717, 1.165) is 6.42 Å². The molecule has 8 unspecified atom stereocenters. The molecule has 0 aromatic heterocycles. The zero-order valence-corrected chi connectivity index (χ0v) is 27.6. The van der Waals surface area contributed by atoms with Crippen LogP contribution in [0.25, 0.3) is 0 Å². The van der Waals surface area contributed by atoms with Crippen molar-refractivity contribution in [1.82, 2.24) is 0 Å². The van der Waals surface area contributed by atoms with Gasteiger partial charge in [-0.3, -0.25) is 9.59 Å². The standard InChI is InChI=1S/C33H52O11/c1-9-31(2,3)20-14-38-27-23(17-40-24(20)27)43-30(36)44-33(6,7)32(4,5)21-15-39-26-22(16-41-25(21)26)42-29(35)19-12-10-18(11-13-19)28(34)37-8/h18-27H,9-17H2,1-8H3. The summed E-state index contributed by atoms with van der Waals surface area (Å²) in [6.07, 6.45) is 0.524. The van der Waals surface area contributed by atoms with E-state index in [1.807, 2.05) is 27.7 Å². The third-order valence-corrected chi connectivity index (χ3v) is 11.9. The summed E-state index contributed by atoms with van der Waals surface area (Å²) < 4.78 is 47.0. The van der Waals surface area contributed by atoms with Gasteiger partial charge < -0.3 is 37.9 Å². The molecule has 0 spiro atoms. The summed E-state index contributed by atoms with van der Waals surface area (Å²) in [5.41, 5.74) is -1.45. The topological polar surface area (TPSA) is 125 Å². The Hall–Kier alpha value is -1.95. The zero-order valence-electron chi connectivity index (χ0n) is 27.6. The highest BCUT2D eigenvalue weighted by Gasteiger charge is 2.59. The molecule has 1 aliphatic carbocycles. The Labute approximate surface area is 261 Å². The van der Waals surface area contributed by atoms with Crippen molar-refractivity contribution in [3.63, 3.8) is 0 Å². The second-order valence-electron chi connectivity index (χ2n) is 15.0. The van der Waals surface area contributed by atoms with Gasteiger partial charge >= 0.3 is 18.1 Å². The predicted molar refractivity (Wildman–Crippen MR) is 157 cm³/mol. The molecule has 250 valence electrons. The van der Waals surface area contributed by atoms with Crippen LogP contribution in [-0.4, -0.2) is 93.9 Å². The second kappa shape index (κ2) is 12.7. The highest BCUT2D eigenvalue weighted by Crippen LogP contribution is 2.49. The number of esters is 2. The predicted octanol–water partition coefficient (Wildman–Crippen LogP) is 4.47. The van der Waals surface area contributed by atoms with Crippen molar-refractivity contribution in [3.8, 4) is 0 Å². The van der Waals surface area contributed by atoms with Crippen molar-refractivity contribution in [3.05, 3.63) is 0 Å². The Morgan fingerprint density at radius 2 is 1.14 bits per heavy atom. The smallest absolute Gasteiger partial charge is 0.469 e. The fraction of sp³-hybridized carbons (Fsp3) is 0.909. The van der Waals surface area contributed by atoms with Gasteiger partial charge in [-0.05, 0) is 44.9 Å². The Kier molecular flexibility index (Phi) is 9.63. The molecule has 0 amide bonds. The van der Waals surface area contributed by atoms with Crippen LogP contribution >= 0.6 is 0 Å². The molecular weight excluding hydrogens is 572 g/mol. The quantitative estimate of drug-likeness (QED) is 0.267. The Morgan fingerprint density at radius 1 is 0.659 bits per heavy atom. The fourth-order valence-corrected chi connectivity index (χ4v) is 7.59. The van der Waals surface area contributed by atoms with Crippen molar-refractivity contribution in [2.24, 2.45) is 34.5 Å². The first kappa shape index (κ1) is 33.4. The van der Waals surface area contributed by atoms with Crippen molar-refractivity contribution in [2.75, 3.05) is 33.5 Å². The van der Waals surface area contributed by atoms with Crippen molar-refractivity contribution < 1.29 is 52.3 Å². The lowest BCUT2D eigenvalue weighted by Gasteiger charge is -2.45. The first-order valence-corrected chi connectivity index (χ1v) is 16.3. The fourth-order valence-electron chi connectivity index (χ4n) is 7.59. The minimum absolute atomic E-state index is 0.0624. The summed E-state index contributed by atoms with van der Waals surface area (Å²) in [7, 11) is 1.39. The molecule has 0 aromatic carbocycles. The minimum Gasteiger partial charge on any atom is -0.469 e. The number of fused-ring (bicyclic) bond motifs is 2. The largest absolute Gasteiger partial charge is 0.509 e. The maximum atomic E-state index is 13.1. The van der Waals surface area contributed by atoms with Gasteiger partial charge in [-0.25, -0.2) is 4.79 Å². The van der Waals surface area contributed by atoms with E-state index in [1.54, 1.807) is 0 Å². The van der Waals surface area contributed by atoms with E-state index in [-0.39, 0.29) is 72.6 Å². The van der Waals surface area contributed by atoms with Crippen LogP contribution < -0.4 is 0 Å². The number of rotatable bonds is 9. The van der Waals surface area contributed by atoms with E-state index in [0.29, 0.717) is 38.9 Å². The molecule has 0 aromatic rings. The Bertz CT molecular complexity index is 1060. The van der Waals surface area contributed by atoms with Crippen LogP contribution in [0.3, 0.4) is 0 Å². The van der Waals surface area contributed by atoms with Crippen LogP contribution in [0, 0.1) is 34.5 Å². The van der Waals surface area contributed by atoms with Crippen LogP contribution in [0.4, 0.5) is 4.79 Å². The van der Waals surface area contributed by atoms with Gasteiger partial charge in [0.15, 0.2) is 12.2 Å². The van der Waals surface area contributed by atoms with Gasteiger partial charge in [0.1, 0.15) is 17.8 Å². The molecule has 8 atom stereocenters. The minimum atomic E-state index is -0.939. The van der Waals surface area contributed by atoms with E-state index >= 15 is 0 Å². The first-order chi connectivity index (χ1) is 20.7. The lowest BCUT2D eigenvalue weighted by Crippen LogP contribution is -2.52. The molecule has 11 heteroatoms. The third-order valence-electron chi connectivity index (χ3n) is 11.9. The monoisotopic (exact) mass is 624 g/mol. The number of carbonyl (C=O) groups excluding carboxylic acids is 3. The lowest BCUT2D eigenvalue weighted by atomic mass is 9.66. The average Bonchev–Trinajstić information content (AvgIpc) is 3.76. The van der Waals surface area contributed by atoms with Crippen LogP contribution in [-0.2, 0) is 47.5 Å². The van der Waals surface area contributed by atoms with E-state index in [4.69, 9.17) is 37.9 Å². The number of hydrogen-bond acceptors (Lipinski definition) is 11. The van der Waals surface area contributed by atoms with Crippen LogP contribution in [0.5, 0.6) is 0 Å². The van der Waals surface area contributed by atoms with E-state index < -0.39 is 35.5 Å². The molecule has 1 saturated carbocycles. The van der Waals surface area contributed by atoms with Gasteiger partial charge in [0.2, 0.25) is 0 Å². The second-order valence-corrected chi connectivity index (χ2v) is 15.0. The molecular formula is C33H52O11. The Balaban J connectivity index is 1.13. The summed E-state index contributed by atoms with van der Waals surface area (Å²) in [5, 5.41) is 0. The molecule has 44 heavy (non-hydrogen) atoms. The molecule has 4 saturated heterocycles. The summed E-state index contributed by atoms with van der Waals surface area (Å²) in [5.74, 6) is -0.772. The summed E-state index contributed by atoms with van der Waals surface area (Å²) in [6.45, 7) is 15.9. The SMILES string of the molecule is CCC(C)(C)C1COC2C(OC(=O)OC(C)(C)C(C)(C)C3COC4C(OC(=O)C5CCC(C(=O)OC)CC5)COC43)COC21. The molecule has 5 aliphatic rings. The third kappa shape index (κ3) is 6.22. The lowest BCUT2D eigenvalue weighted by molar-refractivity contribution is -0.162.